The molecule has 0 unspecified atom stereocenters. The Morgan fingerprint density at radius 2 is 1.61 bits per heavy atom. The number of benzene rings is 1. The molecule has 118 valence electrons. The van der Waals surface area contributed by atoms with Gasteiger partial charge < -0.3 is 15.2 Å². The number of nitrogens with two attached hydrogens (primary N) is 1. The first kappa shape index (κ1) is 15.4. The summed E-state index contributed by atoms with van der Waals surface area (Å²) in [6, 6.07) is 5.48. The number of pyridine rings is 2. The number of nitrogen functional groups attached to an aromatic ring is 1. The van der Waals surface area contributed by atoms with Gasteiger partial charge in [0.25, 0.3) is 0 Å². The largest absolute Gasteiger partial charge is 0.496 e. The highest BCUT2D eigenvalue weighted by Gasteiger charge is 2.18. The summed E-state index contributed by atoms with van der Waals surface area (Å²) in [6.45, 7) is 1.94. The van der Waals surface area contributed by atoms with Crippen molar-refractivity contribution < 1.29 is 9.47 Å². The standard InChI is InChI=1S/C17H16ClN3O2/c1-9-13(22-2)6-14(23-3)17(18)16(9)12-4-10-8-21-15(19)5-11(10)7-20-12/h4-8H,1-3H3,(H2,19,21). The molecule has 0 spiro atoms. The van der Waals surface area contributed by atoms with Crippen LogP contribution in [0.4, 0.5) is 5.82 Å². The zero-order valence-electron chi connectivity index (χ0n) is 13.1. The van der Waals surface area contributed by atoms with Crippen molar-refractivity contribution in [1.29, 1.82) is 0 Å². The minimum absolute atomic E-state index is 0.462. The van der Waals surface area contributed by atoms with Gasteiger partial charge in [0.1, 0.15) is 17.3 Å². The van der Waals surface area contributed by atoms with Crippen LogP contribution < -0.4 is 15.2 Å². The molecule has 2 heterocycles. The Labute approximate surface area is 139 Å². The van der Waals surface area contributed by atoms with Crippen molar-refractivity contribution in [3.05, 3.63) is 41.2 Å². The van der Waals surface area contributed by atoms with Gasteiger partial charge in [-0.3, -0.25) is 4.98 Å². The highest BCUT2D eigenvalue weighted by Crippen LogP contribution is 2.42. The van der Waals surface area contributed by atoms with E-state index in [1.807, 2.05) is 13.0 Å². The first-order valence-corrected chi connectivity index (χ1v) is 7.35. The minimum Gasteiger partial charge on any atom is -0.496 e. The average molecular weight is 330 g/mol. The van der Waals surface area contributed by atoms with Gasteiger partial charge in [0.15, 0.2) is 0 Å². The van der Waals surface area contributed by atoms with Crippen LogP contribution in [0.1, 0.15) is 5.56 Å². The number of methoxy groups -OCH3 is 2. The Morgan fingerprint density at radius 3 is 2.30 bits per heavy atom. The van der Waals surface area contributed by atoms with E-state index in [4.69, 9.17) is 26.8 Å². The first-order valence-electron chi connectivity index (χ1n) is 6.98. The Bertz CT molecular complexity index is 868. The van der Waals surface area contributed by atoms with Crippen LogP contribution in [0.15, 0.2) is 30.6 Å². The van der Waals surface area contributed by atoms with Gasteiger partial charge in [0, 0.05) is 40.4 Å². The molecule has 0 bridgehead atoms. The van der Waals surface area contributed by atoms with Crippen LogP contribution in [0, 0.1) is 6.92 Å². The number of halogens is 1. The van der Waals surface area contributed by atoms with Crippen molar-refractivity contribution >= 4 is 28.2 Å². The predicted octanol–water partition coefficient (Wildman–Crippen LogP) is 3.86. The number of hydrogen-bond acceptors (Lipinski definition) is 5. The maximum Gasteiger partial charge on any atom is 0.141 e. The summed E-state index contributed by atoms with van der Waals surface area (Å²) in [5.74, 6) is 1.70. The lowest BCUT2D eigenvalue weighted by atomic mass is 10.0. The van der Waals surface area contributed by atoms with Gasteiger partial charge in [0.05, 0.1) is 24.9 Å². The number of anilines is 1. The second kappa shape index (κ2) is 5.93. The number of rotatable bonds is 3. The van der Waals surface area contributed by atoms with E-state index in [2.05, 4.69) is 9.97 Å². The van der Waals surface area contributed by atoms with E-state index in [0.29, 0.717) is 22.3 Å². The third kappa shape index (κ3) is 2.64. The topological polar surface area (TPSA) is 70.3 Å². The van der Waals surface area contributed by atoms with Crippen LogP contribution in [-0.2, 0) is 0 Å². The minimum atomic E-state index is 0.462. The molecule has 2 aromatic heterocycles. The second-order valence-electron chi connectivity index (χ2n) is 5.12. The van der Waals surface area contributed by atoms with Gasteiger partial charge in [0.2, 0.25) is 0 Å². The molecule has 1 aromatic carbocycles. The summed E-state index contributed by atoms with van der Waals surface area (Å²) in [5.41, 5.74) is 8.11. The van der Waals surface area contributed by atoms with E-state index in [1.165, 1.54) is 0 Å². The van der Waals surface area contributed by atoms with Crippen LogP contribution in [0.5, 0.6) is 11.5 Å². The molecular weight excluding hydrogens is 314 g/mol. The number of nitrogens with zero attached hydrogens (tertiary/aromatic N) is 2. The predicted molar refractivity (Wildman–Crippen MR) is 92.2 cm³/mol. The highest BCUT2D eigenvalue weighted by atomic mass is 35.5. The fourth-order valence-corrected chi connectivity index (χ4v) is 2.93. The van der Waals surface area contributed by atoms with Crippen LogP contribution in [0.25, 0.3) is 22.0 Å². The summed E-state index contributed by atoms with van der Waals surface area (Å²) in [4.78, 5) is 8.63. The Morgan fingerprint density at radius 1 is 0.957 bits per heavy atom. The Hall–Kier alpha value is -2.53. The van der Waals surface area contributed by atoms with E-state index in [1.54, 1.807) is 38.7 Å². The van der Waals surface area contributed by atoms with Gasteiger partial charge in [-0.05, 0) is 19.1 Å². The zero-order chi connectivity index (χ0) is 16.6. The molecule has 0 aliphatic heterocycles. The lowest BCUT2D eigenvalue weighted by Gasteiger charge is -2.15. The molecule has 5 nitrogen and oxygen atoms in total. The molecular formula is C17H16ClN3O2. The maximum absolute atomic E-state index is 6.50. The molecule has 3 rings (SSSR count). The zero-order valence-corrected chi connectivity index (χ0v) is 13.8. The summed E-state index contributed by atoms with van der Waals surface area (Å²) in [6.07, 6.45) is 3.47. The van der Waals surface area contributed by atoms with Gasteiger partial charge in [-0.1, -0.05) is 11.6 Å². The van der Waals surface area contributed by atoms with Crippen LogP contribution in [0.3, 0.4) is 0 Å². The smallest absolute Gasteiger partial charge is 0.141 e. The van der Waals surface area contributed by atoms with E-state index < -0.39 is 0 Å². The summed E-state index contributed by atoms with van der Waals surface area (Å²) < 4.78 is 10.8. The lowest BCUT2D eigenvalue weighted by Crippen LogP contribution is -1.97. The summed E-state index contributed by atoms with van der Waals surface area (Å²) in [7, 11) is 3.18. The molecule has 23 heavy (non-hydrogen) atoms. The molecule has 0 radical (unpaired) electrons. The fourth-order valence-electron chi connectivity index (χ4n) is 2.56. The molecule has 0 saturated heterocycles. The van der Waals surface area contributed by atoms with Crippen molar-refractivity contribution in [1.82, 2.24) is 9.97 Å². The number of aromatic nitrogens is 2. The van der Waals surface area contributed by atoms with Crippen molar-refractivity contribution in [2.24, 2.45) is 0 Å². The number of fused-ring (bicyclic) bond motifs is 1. The maximum atomic E-state index is 6.50. The quantitative estimate of drug-likeness (QED) is 0.790. The summed E-state index contributed by atoms with van der Waals surface area (Å²) >= 11 is 6.50. The van der Waals surface area contributed by atoms with Crippen LogP contribution in [-0.4, -0.2) is 24.2 Å². The van der Waals surface area contributed by atoms with E-state index in [9.17, 15) is 0 Å². The molecule has 0 aliphatic carbocycles. The third-order valence-corrected chi connectivity index (χ3v) is 4.14. The Kier molecular flexibility index (Phi) is 3.96. The van der Waals surface area contributed by atoms with Gasteiger partial charge >= 0.3 is 0 Å². The van der Waals surface area contributed by atoms with Crippen LogP contribution >= 0.6 is 11.6 Å². The second-order valence-corrected chi connectivity index (χ2v) is 5.50. The lowest BCUT2D eigenvalue weighted by molar-refractivity contribution is 0.393. The first-order chi connectivity index (χ1) is 11.0. The van der Waals surface area contributed by atoms with Gasteiger partial charge in [-0.15, -0.1) is 0 Å². The SMILES string of the molecule is COc1cc(OC)c(Cl)c(-c2cc3cnc(N)cc3cn2)c1C. The normalized spacial score (nSPS) is 10.8. The van der Waals surface area contributed by atoms with Crippen LogP contribution in [0.2, 0.25) is 5.02 Å². The van der Waals surface area contributed by atoms with E-state index in [0.717, 1.165) is 27.6 Å². The fraction of sp³-hybridized carbons (Fsp3) is 0.176. The molecule has 0 atom stereocenters. The molecule has 6 heteroatoms. The van der Waals surface area contributed by atoms with Gasteiger partial charge in [-0.25, -0.2) is 4.98 Å². The summed E-state index contributed by atoms with van der Waals surface area (Å²) in [5, 5.41) is 2.35. The van der Waals surface area contributed by atoms with Gasteiger partial charge in [-0.2, -0.15) is 0 Å². The van der Waals surface area contributed by atoms with Crippen molar-refractivity contribution in [3.63, 3.8) is 0 Å². The van der Waals surface area contributed by atoms with Crippen molar-refractivity contribution in [3.8, 4) is 22.8 Å². The number of ether oxygens (including phenoxy) is 2. The molecule has 0 fully saturated rings. The van der Waals surface area contributed by atoms with Crippen molar-refractivity contribution in [2.75, 3.05) is 20.0 Å². The number of hydrogen-bond donors (Lipinski definition) is 1. The van der Waals surface area contributed by atoms with E-state index in [-0.39, 0.29) is 0 Å². The molecule has 0 saturated carbocycles. The van der Waals surface area contributed by atoms with Crippen molar-refractivity contribution in [2.45, 2.75) is 6.92 Å². The molecule has 0 amide bonds. The molecule has 2 N–H and O–H groups in total. The monoisotopic (exact) mass is 329 g/mol. The average Bonchev–Trinajstić information content (AvgIpc) is 2.55. The Balaban J connectivity index is 2.27. The van der Waals surface area contributed by atoms with E-state index >= 15 is 0 Å². The molecule has 0 aliphatic rings. The highest BCUT2D eigenvalue weighted by molar-refractivity contribution is 6.35. The third-order valence-electron chi connectivity index (χ3n) is 3.76. The molecule has 3 aromatic rings.